The Labute approximate surface area is 117 Å². The molecule has 2 rings (SSSR count). The predicted octanol–water partition coefficient (Wildman–Crippen LogP) is 2.76. The largest absolute Gasteiger partial charge is 0.480 e. The van der Waals surface area contributed by atoms with E-state index in [9.17, 15) is 9.59 Å². The molecule has 1 amide bonds. The van der Waals surface area contributed by atoms with Crippen molar-refractivity contribution in [3.63, 3.8) is 0 Å². The third-order valence-corrected chi connectivity index (χ3v) is 4.56. The van der Waals surface area contributed by atoms with Crippen LogP contribution in [-0.4, -0.2) is 22.5 Å². The molecule has 0 aliphatic heterocycles. The lowest BCUT2D eigenvalue weighted by Gasteiger charge is -2.13. The number of nitrogens with one attached hydrogen (secondary N) is 1. The molecule has 18 heavy (non-hydrogen) atoms. The molecule has 1 saturated carbocycles. The molecule has 6 heteroatoms. The Morgan fingerprint density at radius 1 is 1.44 bits per heavy atom. The molecule has 0 heterocycles. The van der Waals surface area contributed by atoms with Crippen LogP contribution in [0.4, 0.5) is 0 Å². The number of carboxylic acid groups (broad SMARTS) is 1. The predicted molar refractivity (Wildman–Crippen MR) is 71.0 cm³/mol. The number of benzene rings is 1. The van der Waals surface area contributed by atoms with Gasteiger partial charge in [0, 0.05) is 10.0 Å². The van der Waals surface area contributed by atoms with Crippen molar-refractivity contribution in [2.24, 2.45) is 0 Å². The maximum absolute atomic E-state index is 12.0. The van der Waals surface area contributed by atoms with Gasteiger partial charge in [-0.05, 0) is 53.4 Å². The van der Waals surface area contributed by atoms with E-state index < -0.39 is 17.4 Å². The van der Waals surface area contributed by atoms with Crippen LogP contribution in [0.25, 0.3) is 0 Å². The normalized spacial score (nSPS) is 16.2. The number of aryl methyl sites for hydroxylation is 1. The van der Waals surface area contributed by atoms with E-state index in [1.54, 1.807) is 6.07 Å². The highest BCUT2D eigenvalue weighted by molar-refractivity contribution is 9.10. The van der Waals surface area contributed by atoms with Gasteiger partial charge in [0.2, 0.25) is 0 Å². The van der Waals surface area contributed by atoms with Crippen LogP contribution < -0.4 is 5.32 Å². The van der Waals surface area contributed by atoms with Crippen molar-refractivity contribution in [3.8, 4) is 0 Å². The molecule has 96 valence electrons. The third kappa shape index (κ3) is 2.37. The van der Waals surface area contributed by atoms with Crippen LogP contribution in [0, 0.1) is 6.92 Å². The van der Waals surface area contributed by atoms with Crippen LogP contribution in [0.1, 0.15) is 28.8 Å². The van der Waals surface area contributed by atoms with E-state index in [0.29, 0.717) is 23.4 Å². The summed E-state index contributed by atoms with van der Waals surface area (Å²) in [5, 5.41) is 12.0. The number of rotatable bonds is 3. The minimum atomic E-state index is -1.08. The molecule has 0 spiro atoms. The van der Waals surface area contributed by atoms with E-state index in [4.69, 9.17) is 16.7 Å². The van der Waals surface area contributed by atoms with Crippen LogP contribution in [0.5, 0.6) is 0 Å². The van der Waals surface area contributed by atoms with Crippen LogP contribution in [0.15, 0.2) is 16.6 Å². The maximum atomic E-state index is 12.0. The number of carboxylic acids is 1. The monoisotopic (exact) mass is 331 g/mol. The van der Waals surface area contributed by atoms with E-state index in [2.05, 4.69) is 21.2 Å². The first-order chi connectivity index (χ1) is 8.35. The Balaban J connectivity index is 2.22. The lowest BCUT2D eigenvalue weighted by molar-refractivity contribution is -0.140. The number of carbonyl (C=O) groups excluding carboxylic acids is 1. The quantitative estimate of drug-likeness (QED) is 0.894. The van der Waals surface area contributed by atoms with Gasteiger partial charge in [0.05, 0.1) is 5.02 Å². The molecule has 0 bridgehead atoms. The summed E-state index contributed by atoms with van der Waals surface area (Å²) in [6.45, 7) is 1.82. The van der Waals surface area contributed by atoms with Crippen molar-refractivity contribution in [3.05, 3.63) is 32.8 Å². The van der Waals surface area contributed by atoms with Crippen molar-refractivity contribution < 1.29 is 14.7 Å². The average molecular weight is 333 g/mol. The summed E-state index contributed by atoms with van der Waals surface area (Å²) < 4.78 is 0.736. The number of hydrogen-bond acceptors (Lipinski definition) is 2. The number of aliphatic carboxylic acids is 1. The summed E-state index contributed by atoms with van der Waals surface area (Å²) in [4.78, 5) is 23.0. The van der Waals surface area contributed by atoms with Crippen molar-refractivity contribution in [2.75, 3.05) is 0 Å². The summed E-state index contributed by atoms with van der Waals surface area (Å²) in [5.41, 5.74) is 0.117. The van der Waals surface area contributed by atoms with E-state index >= 15 is 0 Å². The molecule has 1 aliphatic rings. The van der Waals surface area contributed by atoms with Crippen LogP contribution in [-0.2, 0) is 4.79 Å². The van der Waals surface area contributed by atoms with E-state index in [0.717, 1.165) is 10.0 Å². The molecule has 1 fully saturated rings. The van der Waals surface area contributed by atoms with E-state index in [-0.39, 0.29) is 0 Å². The zero-order valence-corrected chi connectivity index (χ0v) is 11.9. The SMILES string of the molecule is Cc1cc(C(=O)NC2(C(=O)O)CC2)cc(Cl)c1Br. The highest BCUT2D eigenvalue weighted by Crippen LogP contribution is 2.36. The van der Waals surface area contributed by atoms with Crippen molar-refractivity contribution >= 4 is 39.4 Å². The minimum Gasteiger partial charge on any atom is -0.480 e. The van der Waals surface area contributed by atoms with Gasteiger partial charge in [-0.1, -0.05) is 11.6 Å². The fourth-order valence-corrected chi connectivity index (χ4v) is 2.16. The summed E-state index contributed by atoms with van der Waals surface area (Å²) in [7, 11) is 0. The Kier molecular flexibility index (Phi) is 3.38. The fourth-order valence-electron chi connectivity index (χ4n) is 1.66. The number of amides is 1. The first-order valence-electron chi connectivity index (χ1n) is 5.37. The van der Waals surface area contributed by atoms with Gasteiger partial charge in [0.25, 0.3) is 5.91 Å². The summed E-state index contributed by atoms with van der Waals surface area (Å²) in [5.74, 6) is -1.40. The zero-order valence-electron chi connectivity index (χ0n) is 9.59. The standard InChI is InChI=1S/C12H11BrClNO3/c1-6-4-7(5-8(14)9(6)13)10(16)15-12(2-3-12)11(17)18/h4-5H,2-3H2,1H3,(H,15,16)(H,17,18). The summed E-state index contributed by atoms with van der Waals surface area (Å²) in [6.07, 6.45) is 0.939. The van der Waals surface area contributed by atoms with Gasteiger partial charge in [0.1, 0.15) is 5.54 Å². The second-order valence-electron chi connectivity index (χ2n) is 4.43. The van der Waals surface area contributed by atoms with Gasteiger partial charge >= 0.3 is 5.97 Å². The van der Waals surface area contributed by atoms with Crippen molar-refractivity contribution in [2.45, 2.75) is 25.3 Å². The maximum Gasteiger partial charge on any atom is 0.329 e. The first-order valence-corrected chi connectivity index (χ1v) is 6.54. The Bertz CT molecular complexity index is 517. The van der Waals surface area contributed by atoms with Gasteiger partial charge in [-0.3, -0.25) is 4.79 Å². The topological polar surface area (TPSA) is 66.4 Å². The number of halogens is 2. The molecule has 1 aromatic carbocycles. The lowest BCUT2D eigenvalue weighted by atomic mass is 10.1. The molecule has 1 aromatic rings. The molecule has 4 nitrogen and oxygen atoms in total. The van der Waals surface area contributed by atoms with Crippen LogP contribution in [0.2, 0.25) is 5.02 Å². The highest BCUT2D eigenvalue weighted by atomic mass is 79.9. The molecule has 0 radical (unpaired) electrons. The Hall–Kier alpha value is -1.07. The van der Waals surface area contributed by atoms with Gasteiger partial charge in [0.15, 0.2) is 0 Å². The van der Waals surface area contributed by atoms with Crippen LogP contribution >= 0.6 is 27.5 Å². The molecule has 0 atom stereocenters. The average Bonchev–Trinajstić information content (AvgIpc) is 3.06. The van der Waals surface area contributed by atoms with Gasteiger partial charge in [-0.15, -0.1) is 0 Å². The fraction of sp³-hybridized carbons (Fsp3) is 0.333. The lowest BCUT2D eigenvalue weighted by Crippen LogP contribution is -2.43. The van der Waals surface area contributed by atoms with Gasteiger partial charge < -0.3 is 10.4 Å². The molecule has 0 aromatic heterocycles. The van der Waals surface area contributed by atoms with Crippen molar-refractivity contribution in [1.82, 2.24) is 5.32 Å². The molecular formula is C12H11BrClNO3. The number of carbonyl (C=O) groups is 2. The molecule has 2 N–H and O–H groups in total. The Morgan fingerprint density at radius 3 is 2.50 bits per heavy atom. The Morgan fingerprint density at radius 2 is 2.06 bits per heavy atom. The van der Waals surface area contributed by atoms with E-state index in [1.807, 2.05) is 6.92 Å². The number of hydrogen-bond donors (Lipinski definition) is 2. The summed E-state index contributed by atoms with van der Waals surface area (Å²) in [6, 6.07) is 3.19. The highest BCUT2D eigenvalue weighted by Gasteiger charge is 2.51. The smallest absolute Gasteiger partial charge is 0.329 e. The molecule has 0 saturated heterocycles. The van der Waals surface area contributed by atoms with Crippen molar-refractivity contribution in [1.29, 1.82) is 0 Å². The van der Waals surface area contributed by atoms with Crippen LogP contribution in [0.3, 0.4) is 0 Å². The second kappa shape index (κ2) is 4.55. The first kappa shape index (κ1) is 13.4. The molecule has 1 aliphatic carbocycles. The second-order valence-corrected chi connectivity index (χ2v) is 5.63. The molecular weight excluding hydrogens is 321 g/mol. The zero-order chi connectivity index (χ0) is 13.5. The van der Waals surface area contributed by atoms with E-state index in [1.165, 1.54) is 6.07 Å². The molecule has 0 unspecified atom stereocenters. The third-order valence-electron chi connectivity index (χ3n) is 2.98. The minimum absolute atomic E-state index is 0.369. The van der Waals surface area contributed by atoms with Gasteiger partial charge in [-0.25, -0.2) is 4.79 Å². The van der Waals surface area contributed by atoms with Gasteiger partial charge in [-0.2, -0.15) is 0 Å². The summed E-state index contributed by atoms with van der Waals surface area (Å²) >= 11 is 9.27.